The Balaban J connectivity index is 0.00000208. The zero-order valence-corrected chi connectivity index (χ0v) is 18.3. The number of hydrogen-bond acceptors (Lipinski definition) is 3. The number of sulfone groups is 1. The molecule has 140 valence electrons. The van der Waals surface area contributed by atoms with Crippen LogP contribution in [0.3, 0.4) is 0 Å². The Bertz CT molecular complexity index is 556. The lowest BCUT2D eigenvalue weighted by Gasteiger charge is -2.39. The standard InChI is InChI=1S/C17H31N3O2S.HI/c1-4-18-16(19-11-15(13-5-6-13)14-7-8-14)20-9-10-23(21,22)17(2,3)12-20;/h13-15H,4-12H2,1-3H3,(H,18,19);1H. The summed E-state index contributed by atoms with van der Waals surface area (Å²) in [6.07, 6.45) is 5.51. The Morgan fingerprint density at radius 3 is 2.29 bits per heavy atom. The highest BCUT2D eigenvalue weighted by atomic mass is 127. The van der Waals surface area contributed by atoms with Crippen molar-refractivity contribution in [3.63, 3.8) is 0 Å². The first-order valence-corrected chi connectivity index (χ1v) is 10.7. The van der Waals surface area contributed by atoms with E-state index >= 15 is 0 Å². The molecular formula is C17H32IN3O2S. The number of hydrogen-bond donors (Lipinski definition) is 1. The van der Waals surface area contributed by atoms with Crippen molar-refractivity contribution in [2.75, 3.05) is 31.9 Å². The third-order valence-corrected chi connectivity index (χ3v) is 8.12. The van der Waals surface area contributed by atoms with Gasteiger partial charge in [-0.25, -0.2) is 8.42 Å². The summed E-state index contributed by atoms with van der Waals surface area (Å²) in [6.45, 7) is 8.53. The maximum Gasteiger partial charge on any atom is 0.194 e. The van der Waals surface area contributed by atoms with Crippen molar-refractivity contribution in [3.8, 4) is 0 Å². The lowest BCUT2D eigenvalue weighted by Crippen LogP contribution is -2.57. The summed E-state index contributed by atoms with van der Waals surface area (Å²) in [5.74, 6) is 3.67. The molecule has 3 rings (SSSR count). The van der Waals surface area contributed by atoms with Crippen LogP contribution in [0.2, 0.25) is 0 Å². The smallest absolute Gasteiger partial charge is 0.194 e. The van der Waals surface area contributed by atoms with Crippen molar-refractivity contribution in [2.24, 2.45) is 22.7 Å². The summed E-state index contributed by atoms with van der Waals surface area (Å²) in [5, 5.41) is 3.37. The number of nitrogens with zero attached hydrogens (tertiary/aromatic N) is 2. The van der Waals surface area contributed by atoms with Crippen molar-refractivity contribution in [3.05, 3.63) is 0 Å². The number of rotatable bonds is 5. The van der Waals surface area contributed by atoms with Crippen LogP contribution in [0.15, 0.2) is 4.99 Å². The van der Waals surface area contributed by atoms with Gasteiger partial charge in [-0.05, 0) is 64.2 Å². The van der Waals surface area contributed by atoms with E-state index in [-0.39, 0.29) is 29.7 Å². The Morgan fingerprint density at radius 1 is 1.25 bits per heavy atom. The van der Waals surface area contributed by atoms with Crippen LogP contribution in [-0.4, -0.2) is 56.0 Å². The second-order valence-corrected chi connectivity index (χ2v) is 10.8. The van der Waals surface area contributed by atoms with Gasteiger partial charge in [0.15, 0.2) is 15.8 Å². The number of halogens is 1. The summed E-state index contributed by atoms with van der Waals surface area (Å²) in [4.78, 5) is 7.05. The van der Waals surface area contributed by atoms with Crippen molar-refractivity contribution >= 4 is 39.8 Å². The van der Waals surface area contributed by atoms with E-state index in [1.807, 2.05) is 13.8 Å². The predicted molar refractivity (Wildman–Crippen MR) is 110 cm³/mol. The summed E-state index contributed by atoms with van der Waals surface area (Å²) in [7, 11) is -3.00. The second-order valence-electron chi connectivity index (χ2n) is 8.03. The molecule has 0 spiro atoms. The lowest BCUT2D eigenvalue weighted by molar-refractivity contribution is 0.349. The molecule has 0 aromatic heterocycles. The largest absolute Gasteiger partial charge is 0.357 e. The van der Waals surface area contributed by atoms with Gasteiger partial charge >= 0.3 is 0 Å². The normalized spacial score (nSPS) is 26.2. The number of guanidine groups is 1. The predicted octanol–water partition coefficient (Wildman–Crippen LogP) is 2.52. The molecule has 7 heteroatoms. The highest BCUT2D eigenvalue weighted by Crippen LogP contribution is 2.49. The molecule has 0 radical (unpaired) electrons. The van der Waals surface area contributed by atoms with Gasteiger partial charge in [0.2, 0.25) is 0 Å². The molecule has 1 heterocycles. The van der Waals surface area contributed by atoms with Crippen LogP contribution in [0.5, 0.6) is 0 Å². The molecule has 24 heavy (non-hydrogen) atoms. The van der Waals surface area contributed by atoms with Crippen LogP contribution < -0.4 is 5.32 Å². The van der Waals surface area contributed by atoms with Crippen molar-refractivity contribution in [1.29, 1.82) is 0 Å². The maximum absolute atomic E-state index is 12.2. The molecule has 5 nitrogen and oxygen atoms in total. The van der Waals surface area contributed by atoms with Gasteiger partial charge in [0.05, 0.1) is 10.5 Å². The van der Waals surface area contributed by atoms with Gasteiger partial charge in [-0.15, -0.1) is 24.0 Å². The maximum atomic E-state index is 12.2. The van der Waals surface area contributed by atoms with Gasteiger partial charge in [0.1, 0.15) is 0 Å². The van der Waals surface area contributed by atoms with Crippen LogP contribution in [-0.2, 0) is 9.84 Å². The molecule has 3 fully saturated rings. The van der Waals surface area contributed by atoms with Gasteiger partial charge in [-0.1, -0.05) is 0 Å². The minimum absolute atomic E-state index is 0. The SMILES string of the molecule is CCNC(=NCC(C1CC1)C1CC1)N1CCS(=O)(=O)C(C)(C)C1.I. The van der Waals surface area contributed by atoms with Crippen LogP contribution in [0.4, 0.5) is 0 Å². The number of aliphatic imine (C=N–C) groups is 1. The molecule has 0 aromatic carbocycles. The average Bonchev–Trinajstić information content (AvgIpc) is 3.34. The van der Waals surface area contributed by atoms with Crippen LogP contribution >= 0.6 is 24.0 Å². The highest BCUT2D eigenvalue weighted by Gasteiger charge is 2.42. The quantitative estimate of drug-likeness (QED) is 0.382. The molecule has 0 amide bonds. The van der Waals surface area contributed by atoms with E-state index in [0.717, 1.165) is 36.8 Å². The summed E-state index contributed by atoms with van der Waals surface area (Å²) in [5.41, 5.74) is 0. The molecule has 0 bridgehead atoms. The Hall–Kier alpha value is -0.0500. The van der Waals surface area contributed by atoms with E-state index in [9.17, 15) is 8.42 Å². The van der Waals surface area contributed by atoms with Crippen molar-refractivity contribution in [1.82, 2.24) is 10.2 Å². The molecule has 1 saturated heterocycles. The summed E-state index contributed by atoms with van der Waals surface area (Å²) < 4.78 is 23.7. The fourth-order valence-corrected chi connectivity index (χ4v) is 5.04. The average molecular weight is 469 g/mol. The Morgan fingerprint density at radius 2 is 1.83 bits per heavy atom. The van der Waals surface area contributed by atoms with Crippen LogP contribution in [0.1, 0.15) is 46.5 Å². The minimum atomic E-state index is -3.00. The summed E-state index contributed by atoms with van der Waals surface area (Å²) in [6, 6.07) is 0. The van der Waals surface area contributed by atoms with Gasteiger partial charge in [-0.3, -0.25) is 4.99 Å². The molecule has 1 aliphatic heterocycles. The Labute approximate surface area is 164 Å². The van der Waals surface area contributed by atoms with E-state index in [0.29, 0.717) is 13.1 Å². The molecule has 3 aliphatic rings. The van der Waals surface area contributed by atoms with Crippen LogP contribution in [0.25, 0.3) is 0 Å². The molecule has 0 aromatic rings. The first-order valence-electron chi connectivity index (χ1n) is 9.09. The zero-order chi connectivity index (χ0) is 16.7. The third-order valence-electron chi connectivity index (χ3n) is 5.58. The monoisotopic (exact) mass is 469 g/mol. The number of nitrogens with one attached hydrogen (secondary N) is 1. The minimum Gasteiger partial charge on any atom is -0.357 e. The first-order chi connectivity index (χ1) is 10.8. The topological polar surface area (TPSA) is 61.8 Å². The van der Waals surface area contributed by atoms with E-state index in [1.165, 1.54) is 25.7 Å². The van der Waals surface area contributed by atoms with E-state index in [1.54, 1.807) is 0 Å². The molecule has 2 saturated carbocycles. The van der Waals surface area contributed by atoms with E-state index in [4.69, 9.17) is 4.99 Å². The second kappa shape index (κ2) is 7.68. The van der Waals surface area contributed by atoms with Gasteiger partial charge in [0, 0.05) is 26.2 Å². The Kier molecular flexibility index (Phi) is 6.48. The highest BCUT2D eigenvalue weighted by molar-refractivity contribution is 14.0. The van der Waals surface area contributed by atoms with Crippen LogP contribution in [0, 0.1) is 17.8 Å². The van der Waals surface area contributed by atoms with Crippen molar-refractivity contribution in [2.45, 2.75) is 51.2 Å². The third kappa shape index (κ3) is 4.56. The fourth-order valence-electron chi connectivity index (χ4n) is 3.67. The van der Waals surface area contributed by atoms with Gasteiger partial charge in [-0.2, -0.15) is 0 Å². The first kappa shape index (κ1) is 20.3. The van der Waals surface area contributed by atoms with E-state index < -0.39 is 14.6 Å². The van der Waals surface area contributed by atoms with E-state index in [2.05, 4.69) is 17.1 Å². The molecular weight excluding hydrogens is 437 g/mol. The zero-order valence-electron chi connectivity index (χ0n) is 15.1. The molecule has 0 unspecified atom stereocenters. The van der Waals surface area contributed by atoms with Gasteiger partial charge < -0.3 is 10.2 Å². The molecule has 0 atom stereocenters. The fraction of sp³-hybridized carbons (Fsp3) is 0.941. The van der Waals surface area contributed by atoms with Gasteiger partial charge in [0.25, 0.3) is 0 Å². The van der Waals surface area contributed by atoms with Crippen molar-refractivity contribution < 1.29 is 8.42 Å². The lowest BCUT2D eigenvalue weighted by atomic mass is 9.98. The summed E-state index contributed by atoms with van der Waals surface area (Å²) >= 11 is 0. The molecule has 1 N–H and O–H groups in total. The molecule has 2 aliphatic carbocycles.